The molecule has 0 radical (unpaired) electrons. The van der Waals surface area contributed by atoms with Crippen molar-refractivity contribution in [2.45, 2.75) is 6.92 Å². The zero-order chi connectivity index (χ0) is 4.28. The number of hydrogen-bond acceptors (Lipinski definition) is 2. The van der Waals surface area contributed by atoms with Crippen molar-refractivity contribution in [2.24, 2.45) is 0 Å². The summed E-state index contributed by atoms with van der Waals surface area (Å²) in [7, 11) is 0. The summed E-state index contributed by atoms with van der Waals surface area (Å²) in [6.45, 7) is 1.23. The van der Waals surface area contributed by atoms with E-state index < -0.39 is 5.97 Å². The van der Waals surface area contributed by atoms with Gasteiger partial charge >= 0.3 is 57.4 Å². The van der Waals surface area contributed by atoms with Gasteiger partial charge in [0, 0.05) is 6.92 Å². The van der Waals surface area contributed by atoms with Gasteiger partial charge in [-0.05, 0) is 0 Å². The van der Waals surface area contributed by atoms with Crippen molar-refractivity contribution in [3.05, 3.63) is 0 Å². The van der Waals surface area contributed by atoms with E-state index in [-0.39, 0.29) is 51.4 Å². The van der Waals surface area contributed by atoms with Crippen LogP contribution in [0.1, 0.15) is 6.92 Å². The molecule has 0 unspecified atom stereocenters. The molecule has 0 heterocycles. The summed E-state index contributed by atoms with van der Waals surface area (Å²) >= 11 is 4.49. The summed E-state index contributed by atoms with van der Waals surface area (Å²) < 4.78 is 3.58. The average Bonchev–Trinajstić information content (AvgIpc) is 1.38. The Kier molecular flexibility index (Phi) is 11.1. The Labute approximate surface area is 83.8 Å². The Balaban J connectivity index is 0. The zero-order valence-corrected chi connectivity index (χ0v) is 3.45. The van der Waals surface area contributed by atoms with Gasteiger partial charge in [-0.2, -0.15) is 0 Å². The van der Waals surface area contributed by atoms with E-state index in [9.17, 15) is 4.79 Å². The van der Waals surface area contributed by atoms with Crippen molar-refractivity contribution >= 4 is 69.2 Å². The SMILES string of the molecule is CC(=O)OCl.[KH]. The predicted molar refractivity (Wildman–Crippen MR) is 24.8 cm³/mol. The van der Waals surface area contributed by atoms with Crippen LogP contribution in [0.3, 0.4) is 0 Å². The molecule has 0 aliphatic rings. The van der Waals surface area contributed by atoms with Crippen molar-refractivity contribution in [2.75, 3.05) is 0 Å². The Hall–Kier alpha value is 1.40. The summed E-state index contributed by atoms with van der Waals surface area (Å²) in [6, 6.07) is 0. The fourth-order valence-electron chi connectivity index (χ4n) is 0. The molecular weight excluding hydrogens is 131 g/mol. The molecular formula is C2H4ClKO2. The van der Waals surface area contributed by atoms with Gasteiger partial charge in [0.1, 0.15) is 11.9 Å². The van der Waals surface area contributed by atoms with Gasteiger partial charge in [-0.15, -0.1) is 0 Å². The molecule has 6 heavy (non-hydrogen) atoms. The molecule has 32 valence electrons. The van der Waals surface area contributed by atoms with Crippen molar-refractivity contribution in [1.29, 1.82) is 0 Å². The Morgan fingerprint density at radius 2 is 2.00 bits per heavy atom. The molecule has 0 spiro atoms. The predicted octanol–water partition coefficient (Wildman–Crippen LogP) is 0.0548. The van der Waals surface area contributed by atoms with Gasteiger partial charge < -0.3 is 4.29 Å². The van der Waals surface area contributed by atoms with E-state index >= 15 is 0 Å². The number of halogens is 1. The van der Waals surface area contributed by atoms with E-state index in [1.165, 1.54) is 6.92 Å². The number of carbonyl (C=O) groups excluding carboxylic acids is 1. The Morgan fingerprint density at radius 3 is 2.00 bits per heavy atom. The molecule has 0 bridgehead atoms. The molecule has 2 nitrogen and oxygen atoms in total. The summed E-state index contributed by atoms with van der Waals surface area (Å²) in [5.41, 5.74) is 0. The van der Waals surface area contributed by atoms with Gasteiger partial charge in [0.2, 0.25) is 0 Å². The second-order valence-corrected chi connectivity index (χ2v) is 0.723. The first kappa shape index (κ1) is 10.4. The maximum atomic E-state index is 9.46. The zero-order valence-electron chi connectivity index (χ0n) is 2.69. The summed E-state index contributed by atoms with van der Waals surface area (Å²) in [6.07, 6.45) is 0. The molecule has 4 heteroatoms. The van der Waals surface area contributed by atoms with Gasteiger partial charge in [-0.25, -0.2) is 0 Å². The normalized spacial score (nSPS) is 5.67. The van der Waals surface area contributed by atoms with E-state index in [0.717, 1.165) is 0 Å². The monoisotopic (exact) mass is 134 g/mol. The molecule has 0 fully saturated rings. The molecule has 0 aliphatic carbocycles. The summed E-state index contributed by atoms with van der Waals surface area (Å²) in [5.74, 6) is -0.480. The van der Waals surface area contributed by atoms with Crippen LogP contribution < -0.4 is 0 Å². The van der Waals surface area contributed by atoms with E-state index in [2.05, 4.69) is 16.2 Å². The first-order valence-corrected chi connectivity index (χ1v) is 1.37. The van der Waals surface area contributed by atoms with Crippen LogP contribution in [0.5, 0.6) is 0 Å². The van der Waals surface area contributed by atoms with Crippen molar-refractivity contribution in [3.8, 4) is 0 Å². The van der Waals surface area contributed by atoms with Crippen molar-refractivity contribution < 1.29 is 9.08 Å². The van der Waals surface area contributed by atoms with Crippen LogP contribution in [0.25, 0.3) is 0 Å². The third kappa shape index (κ3) is 9.04. The van der Waals surface area contributed by atoms with Crippen molar-refractivity contribution in [1.82, 2.24) is 0 Å². The molecule has 0 saturated carbocycles. The molecule has 0 amide bonds. The third-order valence-corrected chi connectivity index (χ3v) is 0.326. The Bertz CT molecular complexity index is 46.8. The van der Waals surface area contributed by atoms with Crippen LogP contribution in [-0.4, -0.2) is 57.4 Å². The van der Waals surface area contributed by atoms with Crippen LogP contribution in [0, 0.1) is 0 Å². The van der Waals surface area contributed by atoms with Crippen molar-refractivity contribution in [3.63, 3.8) is 0 Å². The second-order valence-electron chi connectivity index (χ2n) is 0.569. The van der Waals surface area contributed by atoms with Gasteiger partial charge in [-0.1, -0.05) is 0 Å². The number of hydrogen-bond donors (Lipinski definition) is 0. The van der Waals surface area contributed by atoms with E-state index in [0.29, 0.717) is 0 Å². The van der Waals surface area contributed by atoms with Gasteiger partial charge in [0.25, 0.3) is 0 Å². The number of rotatable bonds is 0. The minimum atomic E-state index is -0.480. The van der Waals surface area contributed by atoms with Crippen LogP contribution in [-0.2, 0) is 9.08 Å². The van der Waals surface area contributed by atoms with E-state index in [1.54, 1.807) is 0 Å². The van der Waals surface area contributed by atoms with Gasteiger partial charge in [0.05, 0.1) is 0 Å². The third-order valence-electron chi connectivity index (χ3n) is 0.109. The molecule has 0 aromatic carbocycles. The first-order chi connectivity index (χ1) is 2.27. The molecule has 0 rings (SSSR count). The molecule has 0 saturated heterocycles. The van der Waals surface area contributed by atoms with Crippen LogP contribution >= 0.6 is 11.9 Å². The molecule has 0 N–H and O–H groups in total. The quantitative estimate of drug-likeness (QED) is 0.438. The first-order valence-electron chi connectivity index (χ1n) is 1.06. The fraction of sp³-hybridized carbons (Fsp3) is 0.500. The van der Waals surface area contributed by atoms with E-state index in [1.807, 2.05) is 0 Å². The second kappa shape index (κ2) is 6.40. The molecule has 0 atom stereocenters. The molecule has 0 aromatic rings. The standard InChI is InChI=1S/C2H3ClO2.K.H/c1-2(4)5-3;;/h1H3;;. The topological polar surface area (TPSA) is 26.3 Å². The number of carbonyl (C=O) groups is 1. The summed E-state index contributed by atoms with van der Waals surface area (Å²) in [4.78, 5) is 9.46. The molecule has 0 aromatic heterocycles. The van der Waals surface area contributed by atoms with Crippen LogP contribution in [0.4, 0.5) is 0 Å². The fourth-order valence-corrected chi connectivity index (χ4v) is 0. The minimum absolute atomic E-state index is 0. The molecule has 0 aliphatic heterocycles. The Morgan fingerprint density at radius 1 is 1.83 bits per heavy atom. The van der Waals surface area contributed by atoms with Gasteiger partial charge in [-0.3, -0.25) is 4.79 Å². The maximum absolute atomic E-state index is 9.46. The average molecular weight is 135 g/mol. The van der Waals surface area contributed by atoms with Crippen LogP contribution in [0.15, 0.2) is 0 Å². The summed E-state index contributed by atoms with van der Waals surface area (Å²) in [5, 5.41) is 0. The van der Waals surface area contributed by atoms with E-state index in [4.69, 9.17) is 0 Å². The van der Waals surface area contributed by atoms with Crippen LogP contribution in [0.2, 0.25) is 0 Å². The van der Waals surface area contributed by atoms with Gasteiger partial charge in [0.15, 0.2) is 0 Å².